The lowest BCUT2D eigenvalue weighted by atomic mass is 9.73. The first-order chi connectivity index (χ1) is 10.2. The first kappa shape index (κ1) is 13.3. The van der Waals surface area contributed by atoms with Crippen LogP contribution in [0.15, 0.2) is 54.6 Å². The molecule has 0 atom stereocenters. The Morgan fingerprint density at radius 3 is 1.90 bits per heavy atom. The van der Waals surface area contributed by atoms with E-state index in [1.54, 1.807) is 36.4 Å². The minimum Gasteiger partial charge on any atom is -0.293 e. The molecule has 3 heteroatoms. The fourth-order valence-corrected chi connectivity index (χ4v) is 3.04. The van der Waals surface area contributed by atoms with Crippen LogP contribution in [0.1, 0.15) is 39.1 Å². The monoisotopic (exact) mass is 275 g/mol. The van der Waals surface area contributed by atoms with E-state index in [1.807, 2.05) is 18.2 Å². The van der Waals surface area contributed by atoms with Gasteiger partial charge in [0.2, 0.25) is 0 Å². The number of rotatable bonds is 3. The predicted octanol–water partition coefficient (Wildman–Crippen LogP) is 3.31. The summed E-state index contributed by atoms with van der Waals surface area (Å²) in [5.74, 6) is -0.380. The summed E-state index contributed by atoms with van der Waals surface area (Å²) in [5.41, 5.74) is 0.362. The molecule has 0 saturated heterocycles. The van der Waals surface area contributed by atoms with Gasteiger partial charge in [0.1, 0.15) is 5.41 Å². The minimum absolute atomic E-state index is 0.167. The van der Waals surface area contributed by atoms with Crippen LogP contribution in [0.2, 0.25) is 0 Å². The van der Waals surface area contributed by atoms with E-state index in [1.165, 1.54) is 0 Å². The zero-order valence-electron chi connectivity index (χ0n) is 11.4. The Morgan fingerprint density at radius 1 is 0.857 bits per heavy atom. The SMILES string of the molecule is N#CCCC1(c2ccccc2)C(=O)c2ccccc2C1=O. The van der Waals surface area contributed by atoms with Crippen molar-refractivity contribution >= 4 is 11.6 Å². The van der Waals surface area contributed by atoms with Gasteiger partial charge in [0, 0.05) is 17.5 Å². The van der Waals surface area contributed by atoms with Gasteiger partial charge in [-0.2, -0.15) is 5.26 Å². The number of nitriles is 1. The van der Waals surface area contributed by atoms with Gasteiger partial charge in [-0.05, 0) is 12.0 Å². The summed E-state index contributed by atoms with van der Waals surface area (Å²) in [7, 11) is 0. The largest absolute Gasteiger partial charge is 0.293 e. The van der Waals surface area contributed by atoms with E-state index in [0.717, 1.165) is 0 Å². The maximum Gasteiger partial charge on any atom is 0.181 e. The topological polar surface area (TPSA) is 57.9 Å². The molecule has 21 heavy (non-hydrogen) atoms. The third-order valence-corrected chi connectivity index (χ3v) is 4.07. The van der Waals surface area contributed by atoms with Gasteiger partial charge in [0.05, 0.1) is 6.07 Å². The number of hydrogen-bond donors (Lipinski definition) is 0. The summed E-state index contributed by atoms with van der Waals surface area (Å²) in [5, 5.41) is 8.90. The average molecular weight is 275 g/mol. The molecule has 1 aliphatic rings. The zero-order chi connectivity index (χ0) is 14.9. The highest BCUT2D eigenvalue weighted by molar-refractivity contribution is 6.33. The van der Waals surface area contributed by atoms with Crippen LogP contribution in [0, 0.1) is 11.3 Å². The van der Waals surface area contributed by atoms with E-state index in [-0.39, 0.29) is 24.4 Å². The molecule has 0 fully saturated rings. The van der Waals surface area contributed by atoms with Crippen LogP contribution >= 0.6 is 0 Å². The smallest absolute Gasteiger partial charge is 0.181 e. The summed E-state index contributed by atoms with van der Waals surface area (Å²) in [6, 6.07) is 18.0. The number of hydrogen-bond acceptors (Lipinski definition) is 3. The Morgan fingerprint density at radius 2 is 1.38 bits per heavy atom. The standard InChI is InChI=1S/C18H13NO2/c19-12-6-11-18(13-7-2-1-3-8-13)16(20)14-9-4-5-10-15(14)17(18)21/h1-5,7-10H,6,11H2. The fourth-order valence-electron chi connectivity index (χ4n) is 3.04. The quantitative estimate of drug-likeness (QED) is 0.807. The number of benzene rings is 2. The second-order valence-corrected chi connectivity index (χ2v) is 5.13. The first-order valence-electron chi connectivity index (χ1n) is 6.83. The molecule has 0 heterocycles. The van der Waals surface area contributed by atoms with Crippen LogP contribution in [-0.4, -0.2) is 11.6 Å². The summed E-state index contributed by atoms with van der Waals surface area (Å²) < 4.78 is 0. The Balaban J connectivity index is 2.22. The highest BCUT2D eigenvalue weighted by Crippen LogP contribution is 2.42. The van der Waals surface area contributed by atoms with E-state index in [4.69, 9.17) is 5.26 Å². The summed E-state index contributed by atoms with van der Waals surface area (Å²) in [4.78, 5) is 25.8. The van der Waals surface area contributed by atoms with Crippen LogP contribution < -0.4 is 0 Å². The number of ketones is 2. The molecule has 3 nitrogen and oxygen atoms in total. The van der Waals surface area contributed by atoms with Crippen molar-refractivity contribution in [2.24, 2.45) is 0 Å². The highest BCUT2D eigenvalue weighted by Gasteiger charge is 2.53. The number of nitrogens with zero attached hydrogens (tertiary/aromatic N) is 1. The molecular weight excluding hydrogens is 262 g/mol. The molecular formula is C18H13NO2. The van der Waals surface area contributed by atoms with Crippen molar-refractivity contribution in [3.05, 3.63) is 71.3 Å². The Labute approximate surface area is 122 Å². The molecule has 0 aliphatic heterocycles. The van der Waals surface area contributed by atoms with Gasteiger partial charge in [-0.25, -0.2) is 0 Å². The summed E-state index contributed by atoms with van der Waals surface area (Å²) >= 11 is 0. The van der Waals surface area contributed by atoms with Crippen molar-refractivity contribution in [2.45, 2.75) is 18.3 Å². The summed E-state index contributed by atoms with van der Waals surface area (Å²) in [6.07, 6.45) is 0.389. The van der Waals surface area contributed by atoms with Crippen molar-refractivity contribution in [1.29, 1.82) is 5.26 Å². The molecule has 0 radical (unpaired) electrons. The van der Waals surface area contributed by atoms with Crippen LogP contribution in [0.25, 0.3) is 0 Å². The molecule has 0 N–H and O–H groups in total. The van der Waals surface area contributed by atoms with E-state index in [9.17, 15) is 9.59 Å². The van der Waals surface area contributed by atoms with Crippen LogP contribution in [0.4, 0.5) is 0 Å². The molecule has 2 aromatic carbocycles. The van der Waals surface area contributed by atoms with Crippen molar-refractivity contribution in [1.82, 2.24) is 0 Å². The van der Waals surface area contributed by atoms with Gasteiger partial charge in [0.15, 0.2) is 11.6 Å². The molecule has 0 spiro atoms. The zero-order valence-corrected chi connectivity index (χ0v) is 11.4. The predicted molar refractivity (Wildman–Crippen MR) is 78.1 cm³/mol. The minimum atomic E-state index is -1.24. The number of Topliss-reactive ketones (excluding diaryl/α,β-unsaturated/α-hetero) is 2. The molecule has 0 saturated carbocycles. The van der Waals surface area contributed by atoms with Gasteiger partial charge in [-0.15, -0.1) is 0 Å². The van der Waals surface area contributed by atoms with Gasteiger partial charge in [0.25, 0.3) is 0 Å². The lowest BCUT2D eigenvalue weighted by Gasteiger charge is -2.25. The molecule has 3 rings (SSSR count). The van der Waals surface area contributed by atoms with Crippen LogP contribution in [0.3, 0.4) is 0 Å². The van der Waals surface area contributed by atoms with Crippen LogP contribution in [0.5, 0.6) is 0 Å². The Bertz CT molecular complexity index is 721. The number of carbonyl (C=O) groups excluding carboxylic acids is 2. The molecule has 0 unspecified atom stereocenters. The Hall–Kier alpha value is -2.73. The van der Waals surface area contributed by atoms with E-state index >= 15 is 0 Å². The van der Waals surface area contributed by atoms with E-state index < -0.39 is 5.41 Å². The van der Waals surface area contributed by atoms with E-state index in [0.29, 0.717) is 16.7 Å². The number of carbonyl (C=O) groups is 2. The lowest BCUT2D eigenvalue weighted by Crippen LogP contribution is -2.38. The first-order valence-corrected chi connectivity index (χ1v) is 6.83. The molecule has 102 valence electrons. The van der Waals surface area contributed by atoms with Crippen molar-refractivity contribution in [3.8, 4) is 6.07 Å². The van der Waals surface area contributed by atoms with Gasteiger partial charge in [-0.3, -0.25) is 9.59 Å². The van der Waals surface area contributed by atoms with Crippen molar-refractivity contribution < 1.29 is 9.59 Å². The van der Waals surface area contributed by atoms with Crippen LogP contribution in [-0.2, 0) is 5.41 Å². The lowest BCUT2D eigenvalue weighted by molar-refractivity contribution is 0.0785. The van der Waals surface area contributed by atoms with Crippen molar-refractivity contribution in [3.63, 3.8) is 0 Å². The second kappa shape index (κ2) is 4.99. The maximum absolute atomic E-state index is 12.9. The molecule has 0 aromatic heterocycles. The van der Waals surface area contributed by atoms with Gasteiger partial charge in [-0.1, -0.05) is 54.6 Å². The fraction of sp³-hybridized carbons (Fsp3) is 0.167. The number of fused-ring (bicyclic) bond motifs is 1. The second-order valence-electron chi connectivity index (χ2n) is 5.13. The maximum atomic E-state index is 12.9. The van der Waals surface area contributed by atoms with E-state index in [2.05, 4.69) is 6.07 Å². The van der Waals surface area contributed by atoms with Gasteiger partial charge < -0.3 is 0 Å². The van der Waals surface area contributed by atoms with Gasteiger partial charge >= 0.3 is 0 Å². The molecule has 0 amide bonds. The third kappa shape index (κ3) is 1.80. The Kier molecular flexibility index (Phi) is 3.15. The summed E-state index contributed by atoms with van der Waals surface area (Å²) in [6.45, 7) is 0. The molecule has 2 aromatic rings. The molecule has 1 aliphatic carbocycles. The van der Waals surface area contributed by atoms with Crippen molar-refractivity contribution in [2.75, 3.05) is 0 Å². The normalized spacial score (nSPS) is 15.6. The third-order valence-electron chi connectivity index (χ3n) is 4.07. The average Bonchev–Trinajstić information content (AvgIpc) is 2.76. The molecule has 0 bridgehead atoms. The highest BCUT2D eigenvalue weighted by atomic mass is 16.2.